The molecule has 4 aromatic heterocycles. The molecule has 8 aliphatic rings. The van der Waals surface area contributed by atoms with Crippen molar-refractivity contribution in [3.63, 3.8) is 0 Å². The Labute approximate surface area is 754 Å². The summed E-state index contributed by atoms with van der Waals surface area (Å²) >= 11 is 5.96. The highest BCUT2D eigenvalue weighted by atomic mass is 35.5. The van der Waals surface area contributed by atoms with E-state index in [1.165, 1.54) is 45.9 Å². The number of nitrogens with zero attached hydrogens (tertiary/aromatic N) is 22. The number of hydrogen-bond donors (Lipinski definition) is 7. The summed E-state index contributed by atoms with van der Waals surface area (Å²) in [5, 5.41) is 36.7. The van der Waals surface area contributed by atoms with Crippen LogP contribution in [0.3, 0.4) is 0 Å². The minimum atomic E-state index is -1.03. The van der Waals surface area contributed by atoms with E-state index in [-0.39, 0.29) is 99.4 Å². The molecule has 43 heteroatoms. The summed E-state index contributed by atoms with van der Waals surface area (Å²) in [7, 11) is 11.3. The van der Waals surface area contributed by atoms with E-state index in [2.05, 4.69) is 86.2 Å². The Morgan fingerprint density at radius 1 is 0.400 bits per heavy atom. The number of primary amides is 2. The fourth-order valence-electron chi connectivity index (χ4n) is 16.0. The summed E-state index contributed by atoms with van der Waals surface area (Å²) in [4.78, 5) is 176. The Morgan fingerprint density at radius 2 is 0.677 bits per heavy atom. The maximum absolute atomic E-state index is 12.4. The van der Waals surface area contributed by atoms with Gasteiger partial charge in [0, 0.05) is 156 Å². The molecule has 4 atom stereocenters. The maximum atomic E-state index is 12.4. The van der Waals surface area contributed by atoms with Gasteiger partial charge < -0.3 is 111 Å². The van der Waals surface area contributed by atoms with E-state index in [1.54, 1.807) is 124 Å². The van der Waals surface area contributed by atoms with Gasteiger partial charge in [-0.2, -0.15) is 10.5 Å². The van der Waals surface area contributed by atoms with Crippen LogP contribution in [0.15, 0.2) is 122 Å². The topological polar surface area (TPSA) is 522 Å². The Morgan fingerprint density at radius 3 is 0.954 bits per heavy atom. The van der Waals surface area contributed by atoms with Crippen molar-refractivity contribution < 1.29 is 67.3 Å². The third kappa shape index (κ3) is 23.1. The molecule has 0 saturated carbocycles. The van der Waals surface area contributed by atoms with Crippen molar-refractivity contribution in [2.24, 2.45) is 11.5 Å². The van der Waals surface area contributed by atoms with E-state index >= 15 is 0 Å². The molecule has 130 heavy (non-hydrogen) atoms. The highest BCUT2D eigenvalue weighted by Crippen LogP contribution is 2.33. The number of rotatable bonds is 20. The zero-order chi connectivity index (χ0) is 93.0. The molecule has 8 aliphatic heterocycles. The lowest BCUT2D eigenvalue weighted by atomic mass is 10.0. The van der Waals surface area contributed by atoms with E-state index < -0.39 is 29.7 Å². The van der Waals surface area contributed by atoms with Crippen molar-refractivity contribution in [1.82, 2.24) is 79.1 Å². The van der Waals surface area contributed by atoms with Crippen molar-refractivity contribution >= 4 is 135 Å². The lowest BCUT2D eigenvalue weighted by Gasteiger charge is -2.37. The number of aromatic carboxylic acids is 1. The Balaban J connectivity index is 0.000000152. The monoisotopic (exact) mass is 1800 g/mol. The van der Waals surface area contributed by atoms with Gasteiger partial charge in [-0.25, -0.2) is 78.2 Å². The third-order valence-electron chi connectivity index (χ3n) is 23.2. The number of hydrogen-bond acceptors (Lipinski definition) is 31. The average Bonchev–Trinajstić information content (AvgIpc) is 1.59. The van der Waals surface area contributed by atoms with E-state index in [1.807, 2.05) is 46.8 Å². The first-order chi connectivity index (χ1) is 62.5. The third-order valence-corrected chi connectivity index (χ3v) is 23.4. The number of benzene rings is 4. The van der Waals surface area contributed by atoms with Crippen molar-refractivity contribution in [2.45, 2.75) is 75.5 Å². The van der Waals surface area contributed by atoms with Crippen molar-refractivity contribution in [3.05, 3.63) is 172 Å². The minimum Gasteiger partial charge on any atom is -0.478 e. The number of halogens is 1. The molecular weight excluding hydrogens is 1700 g/mol. The number of carbonyl (C=O) groups excluding carboxylic acids is 9. The quantitative estimate of drug-likeness (QED) is 0.0222. The number of likely N-dealkylation sites (N-methyl/N-ethyl adjacent to an activating group) is 4. The number of methoxy groups -OCH3 is 3. The molecule has 4 aromatic carbocycles. The van der Waals surface area contributed by atoms with Crippen molar-refractivity contribution in [1.29, 1.82) is 10.5 Å². The van der Waals surface area contributed by atoms with Gasteiger partial charge in [-0.3, -0.25) is 9.59 Å². The smallest absolute Gasteiger partial charge is 0.337 e. The predicted molar refractivity (Wildman–Crippen MR) is 480 cm³/mol. The fraction of sp³-hybridized carbons (Fsp3) is 0.402. The first kappa shape index (κ1) is 93.9. The zero-order valence-electron chi connectivity index (χ0n) is 73.0. The van der Waals surface area contributed by atoms with Crippen LogP contribution in [0.25, 0.3) is 0 Å². The Bertz CT molecular complexity index is 5540. The van der Waals surface area contributed by atoms with Crippen LogP contribution in [0.4, 0.5) is 82.7 Å². The van der Waals surface area contributed by atoms with Crippen LogP contribution in [0, 0.1) is 22.7 Å². The summed E-state index contributed by atoms with van der Waals surface area (Å²) in [6.07, 6.45) is 13.8. The number of nitrogens with two attached hydrogens (primary N) is 3. The highest BCUT2D eigenvalue weighted by Gasteiger charge is 2.40. The number of esters is 3. The zero-order valence-corrected chi connectivity index (χ0v) is 73.8. The maximum Gasteiger partial charge on any atom is 0.337 e. The molecule has 0 bridgehead atoms. The lowest BCUT2D eigenvalue weighted by Crippen LogP contribution is -2.49. The van der Waals surface area contributed by atoms with E-state index in [9.17, 15) is 53.2 Å². The Hall–Kier alpha value is -15.2. The summed E-state index contributed by atoms with van der Waals surface area (Å²) in [5.41, 5.74) is 20.7. The van der Waals surface area contributed by atoms with Gasteiger partial charge in [-0.05, 0) is 148 Å². The number of carboxylic acid groups (broad SMARTS) is 1. The van der Waals surface area contributed by atoms with E-state index in [0.717, 1.165) is 123 Å². The van der Waals surface area contributed by atoms with E-state index in [4.69, 9.17) is 48.6 Å². The number of anilines is 11. The Kier molecular flexibility index (Phi) is 31.3. The van der Waals surface area contributed by atoms with Gasteiger partial charge in [-0.15, -0.1) is 0 Å². The number of carboxylic acids is 1. The number of urea groups is 4. The van der Waals surface area contributed by atoms with Crippen LogP contribution < -0.4 is 52.8 Å². The molecule has 10 amide bonds. The summed E-state index contributed by atoms with van der Waals surface area (Å²) in [5.74, 6) is -0.415. The average molecular weight is 1800 g/mol. The molecule has 16 rings (SSSR count). The van der Waals surface area contributed by atoms with E-state index in [0.29, 0.717) is 101 Å². The number of nitriles is 2. The summed E-state index contributed by atoms with van der Waals surface area (Å²) in [6, 6.07) is 30.6. The molecule has 8 fully saturated rings. The fourth-order valence-corrected chi connectivity index (χ4v) is 16.2. The molecule has 8 aromatic rings. The highest BCUT2D eigenvalue weighted by molar-refractivity contribution is 6.30. The second-order valence-electron chi connectivity index (χ2n) is 31.7. The number of piperidine rings is 4. The van der Waals surface area contributed by atoms with Gasteiger partial charge >= 0.3 is 48.0 Å². The number of nitrogen functional groups attached to an aromatic ring is 1. The largest absolute Gasteiger partial charge is 0.478 e. The normalized spacial score (nSPS) is 18.4. The molecular formula is C87H103ClN28O14. The van der Waals surface area contributed by atoms with Gasteiger partial charge in [0.05, 0.1) is 92.5 Å². The number of amides is 10. The van der Waals surface area contributed by atoms with Gasteiger partial charge in [-0.1, -0.05) is 11.6 Å². The molecule has 0 aliphatic carbocycles. The number of aromatic nitrogens is 8. The lowest BCUT2D eigenvalue weighted by molar-refractivity contribution is 0.0592. The number of carbonyl (C=O) groups is 10. The molecule has 0 radical (unpaired) electrons. The molecule has 10 N–H and O–H groups in total. The van der Waals surface area contributed by atoms with Crippen molar-refractivity contribution in [3.8, 4) is 12.1 Å². The van der Waals surface area contributed by atoms with Crippen LogP contribution in [0.1, 0.15) is 125 Å². The molecule has 8 saturated heterocycles. The molecule has 42 nitrogen and oxygen atoms in total. The molecule has 0 unspecified atom stereocenters. The first-order valence-electron chi connectivity index (χ1n) is 42.1. The molecule has 12 heterocycles. The van der Waals surface area contributed by atoms with Crippen LogP contribution in [0.5, 0.6) is 0 Å². The number of nitrogens with one attached hydrogen (secondary N) is 3. The standard InChI is InChI=1S/C22H27N7O4.C22H25N7O3.C21H25N7O4.C14H17ClN6O.C8H9NO2/c1-27-10-11-29(22(27)32)16-4-3-9-28(13-16)17-12-24-18(19(23)30)20(26-17)25-15-7-5-14(6-8-15)21(31)33-2;1-27-10-11-29(22(27)31)17-4-3-9-28(14-17)19-13-24-18(12-23)20(26-19)25-16-7-5-15(6-8-16)21(30)32-2;1-26-9-10-28(21(26)32)15-3-2-8-27(12-15)16-11-23-17(18(22)29)19(25-16)24-14-6-4-13(5-7-14)20(30)31;1-19-5-6-21(14(19)22)10-3-2-4-20(9-10)12-8-17-11(7-16)13(15)18-12;1-11-8(10)6-2-4-7(9)5-3-6/h5-8,12,16H,3-4,9-11,13H2,1-2H3,(H2,23,30)(H,25,26);5-8,13,17H,3-4,9-11,14H2,1-2H3,(H,25,26);4-7,11,15H,2-3,8-10,12H2,1H3,(H2,22,29)(H,24,25)(H,30,31);8,10H,2-6,9H2,1H3;2-5H,9H2,1H3/t16-;17-;15-;10-;/m1111./s1. The van der Waals surface area contributed by atoms with Gasteiger partial charge in [0.25, 0.3) is 11.8 Å². The second kappa shape index (κ2) is 43.3. The predicted octanol–water partition coefficient (Wildman–Crippen LogP) is 7.40. The molecule has 0 spiro atoms. The van der Waals surface area contributed by atoms with Crippen LogP contribution in [-0.2, 0) is 14.2 Å². The summed E-state index contributed by atoms with van der Waals surface area (Å²) in [6.45, 7) is 11.7. The van der Waals surface area contributed by atoms with Crippen LogP contribution in [0.2, 0.25) is 5.15 Å². The minimum absolute atomic E-state index is 0.0130. The molecule has 682 valence electrons. The van der Waals surface area contributed by atoms with Gasteiger partial charge in [0.15, 0.2) is 45.4 Å². The SMILES string of the molecule is CN1CCN([C@@H]2CCCN(c3cnc(C#N)c(Cl)n3)C2)C1=O.CN1CCN([C@@H]2CCCN(c3cnc(C(N)=O)c(Nc4ccc(C(=O)O)cc4)n3)C2)C1=O.COC(=O)c1ccc(N)cc1.COC(=O)c1ccc(Nc2nc(N3CCC[C@@H](N4CCN(C)C4=O)C3)cnc2C#N)cc1.COC(=O)c1ccc(Nc2nc(N3CCC[C@@H](N4CCN(C)C4=O)C3)cnc2C(N)=O)cc1. The van der Waals surface area contributed by atoms with Crippen LogP contribution in [-0.4, -0.2) is 322 Å². The summed E-state index contributed by atoms with van der Waals surface area (Å²) < 4.78 is 13.9. The van der Waals surface area contributed by atoms with Gasteiger partial charge in [0.2, 0.25) is 0 Å². The second-order valence-corrected chi connectivity index (χ2v) is 32.0. The van der Waals surface area contributed by atoms with Crippen molar-refractivity contribution in [2.75, 3.05) is 196 Å². The van der Waals surface area contributed by atoms with Crippen LogP contribution >= 0.6 is 11.6 Å². The number of ether oxygens (including phenoxy) is 3. The first-order valence-corrected chi connectivity index (χ1v) is 42.5. The van der Waals surface area contributed by atoms with Gasteiger partial charge in [0.1, 0.15) is 35.4 Å².